The number of rotatable bonds is 6. The summed E-state index contributed by atoms with van der Waals surface area (Å²) in [6.07, 6.45) is 1.06. The van der Waals surface area contributed by atoms with Gasteiger partial charge in [-0.1, -0.05) is 0 Å². The van der Waals surface area contributed by atoms with Crippen LogP contribution in [-0.2, 0) is 16.1 Å². The van der Waals surface area contributed by atoms with E-state index in [4.69, 9.17) is 15.2 Å². The Morgan fingerprint density at radius 1 is 1.42 bits per heavy atom. The van der Waals surface area contributed by atoms with Gasteiger partial charge in [0.1, 0.15) is 17.7 Å². The van der Waals surface area contributed by atoms with E-state index in [1.807, 2.05) is 24.3 Å². The van der Waals surface area contributed by atoms with Gasteiger partial charge in [-0.3, -0.25) is 9.89 Å². The van der Waals surface area contributed by atoms with Crippen molar-refractivity contribution < 1.29 is 14.3 Å². The minimum atomic E-state index is -0.428. The van der Waals surface area contributed by atoms with Gasteiger partial charge in [-0.2, -0.15) is 5.10 Å². The molecule has 3 rings (SSSR count). The first kappa shape index (κ1) is 16.4. The van der Waals surface area contributed by atoms with Gasteiger partial charge >= 0.3 is 0 Å². The summed E-state index contributed by atoms with van der Waals surface area (Å²) in [6, 6.07) is 7.45. The van der Waals surface area contributed by atoms with Crippen molar-refractivity contribution in [3.8, 4) is 17.1 Å². The molecule has 1 amide bonds. The monoisotopic (exact) mass is 331 g/mol. The largest absolute Gasteiger partial charge is 0.497 e. The van der Waals surface area contributed by atoms with Crippen LogP contribution in [0.4, 0.5) is 0 Å². The Labute approximate surface area is 139 Å². The van der Waals surface area contributed by atoms with Gasteiger partial charge in [-0.25, -0.2) is 4.98 Å². The molecule has 24 heavy (non-hydrogen) atoms. The first-order valence-electron chi connectivity index (χ1n) is 7.88. The zero-order valence-corrected chi connectivity index (χ0v) is 13.5. The van der Waals surface area contributed by atoms with E-state index in [0.29, 0.717) is 24.6 Å². The van der Waals surface area contributed by atoms with Crippen molar-refractivity contribution in [3.05, 3.63) is 30.1 Å². The molecule has 0 radical (unpaired) electrons. The Balaban J connectivity index is 1.55. The molecule has 1 fully saturated rings. The second-order valence-electron chi connectivity index (χ2n) is 5.61. The number of ether oxygens (including phenoxy) is 2. The van der Waals surface area contributed by atoms with Crippen LogP contribution in [0.25, 0.3) is 11.4 Å². The average Bonchev–Trinajstić information content (AvgIpc) is 3.29. The maximum atomic E-state index is 12.1. The summed E-state index contributed by atoms with van der Waals surface area (Å²) in [7, 11) is 1.62. The second kappa shape index (κ2) is 7.41. The van der Waals surface area contributed by atoms with E-state index in [-0.39, 0.29) is 18.6 Å². The van der Waals surface area contributed by atoms with Gasteiger partial charge in [0.05, 0.1) is 19.8 Å². The van der Waals surface area contributed by atoms with Crippen LogP contribution in [0.1, 0.15) is 18.7 Å². The Kier molecular flexibility index (Phi) is 5.07. The SMILES string of the molecule is COc1ccc(-c2n[nH]c(CNC(=O)[C@@H]3CC[C@H](CN)O3)n2)cc1. The highest BCUT2D eigenvalue weighted by Gasteiger charge is 2.29. The number of nitrogens with one attached hydrogen (secondary N) is 2. The second-order valence-corrected chi connectivity index (χ2v) is 5.61. The van der Waals surface area contributed by atoms with Crippen LogP contribution in [0.2, 0.25) is 0 Å². The quantitative estimate of drug-likeness (QED) is 0.714. The number of hydrogen-bond acceptors (Lipinski definition) is 6. The van der Waals surface area contributed by atoms with E-state index < -0.39 is 6.10 Å². The van der Waals surface area contributed by atoms with Gasteiger partial charge in [0.15, 0.2) is 5.82 Å². The van der Waals surface area contributed by atoms with Gasteiger partial charge in [-0.05, 0) is 37.1 Å². The minimum absolute atomic E-state index is 0.0206. The lowest BCUT2D eigenvalue weighted by Crippen LogP contribution is -2.35. The first-order chi connectivity index (χ1) is 11.7. The molecule has 0 saturated carbocycles. The Hall–Kier alpha value is -2.45. The predicted octanol–water partition coefficient (Wildman–Crippen LogP) is 0.603. The molecule has 1 aliphatic heterocycles. The third kappa shape index (κ3) is 3.72. The normalized spacial score (nSPS) is 20.1. The molecule has 8 nitrogen and oxygen atoms in total. The number of hydrogen-bond donors (Lipinski definition) is 3. The zero-order valence-electron chi connectivity index (χ0n) is 13.5. The van der Waals surface area contributed by atoms with Crippen LogP contribution >= 0.6 is 0 Å². The zero-order chi connectivity index (χ0) is 16.9. The van der Waals surface area contributed by atoms with Crippen molar-refractivity contribution in [2.24, 2.45) is 5.73 Å². The highest BCUT2D eigenvalue weighted by Crippen LogP contribution is 2.20. The van der Waals surface area contributed by atoms with Crippen molar-refractivity contribution in [2.45, 2.75) is 31.6 Å². The minimum Gasteiger partial charge on any atom is -0.497 e. The molecule has 0 unspecified atom stereocenters. The Morgan fingerprint density at radius 3 is 2.88 bits per heavy atom. The molecule has 1 aromatic heterocycles. The van der Waals surface area contributed by atoms with Gasteiger partial charge in [0.2, 0.25) is 5.91 Å². The van der Waals surface area contributed by atoms with Crippen LogP contribution in [0.5, 0.6) is 5.75 Å². The number of amides is 1. The Bertz CT molecular complexity index is 685. The van der Waals surface area contributed by atoms with Crippen LogP contribution < -0.4 is 15.8 Å². The third-order valence-electron chi connectivity index (χ3n) is 3.97. The van der Waals surface area contributed by atoms with Crippen LogP contribution in [0.15, 0.2) is 24.3 Å². The number of methoxy groups -OCH3 is 1. The van der Waals surface area contributed by atoms with Crippen molar-refractivity contribution in [2.75, 3.05) is 13.7 Å². The fourth-order valence-electron chi connectivity index (χ4n) is 2.60. The van der Waals surface area contributed by atoms with Crippen molar-refractivity contribution in [1.82, 2.24) is 20.5 Å². The Morgan fingerprint density at radius 2 is 2.21 bits per heavy atom. The van der Waals surface area contributed by atoms with Crippen molar-refractivity contribution in [1.29, 1.82) is 0 Å². The number of carbonyl (C=O) groups excluding carboxylic acids is 1. The molecular formula is C16H21N5O3. The molecule has 8 heteroatoms. The summed E-state index contributed by atoms with van der Waals surface area (Å²) in [5, 5.41) is 9.81. The number of nitrogens with zero attached hydrogens (tertiary/aromatic N) is 2. The molecule has 1 aliphatic rings. The molecule has 4 N–H and O–H groups in total. The van der Waals surface area contributed by atoms with E-state index in [0.717, 1.165) is 17.7 Å². The van der Waals surface area contributed by atoms with Crippen LogP contribution in [-0.4, -0.2) is 47.0 Å². The fraction of sp³-hybridized carbons (Fsp3) is 0.438. The molecule has 0 bridgehead atoms. The van der Waals surface area contributed by atoms with Gasteiger partial charge in [0, 0.05) is 12.1 Å². The summed E-state index contributed by atoms with van der Waals surface area (Å²) >= 11 is 0. The van der Waals surface area contributed by atoms with Crippen molar-refractivity contribution >= 4 is 5.91 Å². The molecule has 1 aromatic carbocycles. The molecule has 2 aromatic rings. The number of nitrogens with two attached hydrogens (primary N) is 1. The topological polar surface area (TPSA) is 115 Å². The van der Waals surface area contributed by atoms with E-state index >= 15 is 0 Å². The maximum absolute atomic E-state index is 12.1. The van der Waals surface area contributed by atoms with Crippen LogP contribution in [0, 0.1) is 0 Å². The predicted molar refractivity (Wildman–Crippen MR) is 87.2 cm³/mol. The molecule has 2 heterocycles. The van der Waals surface area contributed by atoms with E-state index in [1.165, 1.54) is 0 Å². The standard InChI is InChI=1S/C16H21N5O3/c1-23-11-4-2-10(3-5-11)15-19-14(20-21-15)9-18-16(22)13-7-6-12(8-17)24-13/h2-5,12-13H,6-9,17H2,1H3,(H,18,22)(H,19,20,21)/t12-,13+/m1/s1. The number of H-pyrrole nitrogens is 1. The highest BCUT2D eigenvalue weighted by atomic mass is 16.5. The molecule has 1 saturated heterocycles. The smallest absolute Gasteiger partial charge is 0.249 e. The summed E-state index contributed by atoms with van der Waals surface area (Å²) in [5.41, 5.74) is 6.42. The first-order valence-corrected chi connectivity index (χ1v) is 7.88. The molecule has 0 spiro atoms. The summed E-state index contributed by atoms with van der Waals surface area (Å²) < 4.78 is 10.7. The third-order valence-corrected chi connectivity index (χ3v) is 3.97. The fourth-order valence-corrected chi connectivity index (χ4v) is 2.60. The maximum Gasteiger partial charge on any atom is 0.249 e. The molecule has 128 valence electrons. The highest BCUT2D eigenvalue weighted by molar-refractivity contribution is 5.80. The van der Waals surface area contributed by atoms with Crippen LogP contribution in [0.3, 0.4) is 0 Å². The van der Waals surface area contributed by atoms with E-state index in [2.05, 4.69) is 20.5 Å². The summed E-state index contributed by atoms with van der Waals surface area (Å²) in [4.78, 5) is 16.5. The van der Waals surface area contributed by atoms with Gasteiger partial charge in [-0.15, -0.1) is 0 Å². The van der Waals surface area contributed by atoms with E-state index in [9.17, 15) is 4.79 Å². The van der Waals surface area contributed by atoms with Crippen molar-refractivity contribution in [3.63, 3.8) is 0 Å². The molecule has 2 atom stereocenters. The lowest BCUT2D eigenvalue weighted by atomic mass is 10.2. The average molecular weight is 331 g/mol. The number of aromatic amines is 1. The van der Waals surface area contributed by atoms with E-state index in [1.54, 1.807) is 7.11 Å². The number of aromatic nitrogens is 3. The van der Waals surface area contributed by atoms with Gasteiger partial charge in [0.25, 0.3) is 0 Å². The summed E-state index contributed by atoms with van der Waals surface area (Å²) in [6.45, 7) is 0.715. The van der Waals surface area contributed by atoms with Gasteiger partial charge < -0.3 is 20.5 Å². The lowest BCUT2D eigenvalue weighted by Gasteiger charge is -2.11. The number of benzene rings is 1. The number of carbonyl (C=O) groups is 1. The lowest BCUT2D eigenvalue weighted by molar-refractivity contribution is -0.132. The molecular weight excluding hydrogens is 310 g/mol. The summed E-state index contributed by atoms with van der Waals surface area (Å²) in [5.74, 6) is 1.78. The molecule has 0 aliphatic carbocycles.